The lowest BCUT2D eigenvalue weighted by Crippen LogP contribution is -2.23. The molecule has 0 amide bonds. The van der Waals surface area contributed by atoms with Crippen LogP contribution in [0.25, 0.3) is 0 Å². The number of carbonyl (C=O) groups excluding carboxylic acids is 1. The fourth-order valence-corrected chi connectivity index (χ4v) is 1.62. The molecule has 1 aromatic carbocycles. The van der Waals surface area contributed by atoms with Crippen molar-refractivity contribution in [2.75, 3.05) is 14.2 Å². The summed E-state index contributed by atoms with van der Waals surface area (Å²) >= 11 is 0. The van der Waals surface area contributed by atoms with E-state index in [1.807, 2.05) is 26.0 Å². The van der Waals surface area contributed by atoms with Crippen LogP contribution in [-0.2, 0) is 9.53 Å². The van der Waals surface area contributed by atoms with E-state index in [1.54, 1.807) is 7.11 Å². The fraction of sp³-hybridized carbons (Fsp3) is 0.417. The Hall–Kier alpha value is -1.55. The standard InChI is InChI=1S/C12H17NO3/c1-7-6-10(15-3)8(2)5-9(7)11(13)12(14)16-4/h5-6,11H,13H2,1-4H3. The van der Waals surface area contributed by atoms with Crippen LogP contribution in [-0.4, -0.2) is 20.2 Å². The minimum absolute atomic E-state index is 0.437. The van der Waals surface area contributed by atoms with E-state index < -0.39 is 12.0 Å². The van der Waals surface area contributed by atoms with Gasteiger partial charge in [-0.15, -0.1) is 0 Å². The monoisotopic (exact) mass is 223 g/mol. The summed E-state index contributed by atoms with van der Waals surface area (Å²) in [6, 6.07) is 2.98. The number of carbonyl (C=O) groups is 1. The second-order valence-corrected chi connectivity index (χ2v) is 3.68. The molecule has 1 unspecified atom stereocenters. The van der Waals surface area contributed by atoms with Crippen molar-refractivity contribution >= 4 is 5.97 Å². The van der Waals surface area contributed by atoms with Crippen LogP contribution < -0.4 is 10.5 Å². The van der Waals surface area contributed by atoms with Crippen LogP contribution in [0, 0.1) is 13.8 Å². The molecule has 0 aliphatic heterocycles. The predicted octanol–water partition coefficient (Wildman–Crippen LogP) is 1.48. The molecule has 2 N–H and O–H groups in total. The van der Waals surface area contributed by atoms with Crippen LogP contribution in [0.15, 0.2) is 12.1 Å². The summed E-state index contributed by atoms with van der Waals surface area (Å²) in [5.41, 5.74) is 8.43. The Bertz CT molecular complexity index is 401. The number of rotatable bonds is 3. The van der Waals surface area contributed by atoms with Crippen molar-refractivity contribution in [3.8, 4) is 5.75 Å². The van der Waals surface area contributed by atoms with E-state index in [0.29, 0.717) is 0 Å². The highest BCUT2D eigenvalue weighted by atomic mass is 16.5. The summed E-state index contributed by atoms with van der Waals surface area (Å²) in [7, 11) is 2.94. The Morgan fingerprint density at radius 3 is 2.38 bits per heavy atom. The largest absolute Gasteiger partial charge is 0.496 e. The van der Waals surface area contributed by atoms with Gasteiger partial charge in [-0.3, -0.25) is 4.79 Å². The summed E-state index contributed by atoms with van der Waals surface area (Å²) < 4.78 is 9.81. The summed E-state index contributed by atoms with van der Waals surface area (Å²) in [6.45, 7) is 3.80. The second-order valence-electron chi connectivity index (χ2n) is 3.68. The molecular weight excluding hydrogens is 206 g/mol. The predicted molar refractivity (Wildman–Crippen MR) is 61.4 cm³/mol. The molecule has 1 rings (SSSR count). The topological polar surface area (TPSA) is 61.5 Å². The van der Waals surface area contributed by atoms with E-state index in [9.17, 15) is 4.79 Å². The lowest BCUT2D eigenvalue weighted by atomic mass is 9.99. The fourth-order valence-electron chi connectivity index (χ4n) is 1.62. The number of benzene rings is 1. The van der Waals surface area contributed by atoms with Crippen molar-refractivity contribution in [2.45, 2.75) is 19.9 Å². The molecule has 0 spiro atoms. The highest BCUT2D eigenvalue weighted by Crippen LogP contribution is 2.26. The van der Waals surface area contributed by atoms with Gasteiger partial charge in [0.1, 0.15) is 11.8 Å². The second kappa shape index (κ2) is 4.99. The molecule has 0 aliphatic carbocycles. The van der Waals surface area contributed by atoms with Crippen LogP contribution >= 0.6 is 0 Å². The minimum atomic E-state index is -0.741. The first kappa shape index (κ1) is 12.5. The molecule has 16 heavy (non-hydrogen) atoms. The Morgan fingerprint density at radius 1 is 1.25 bits per heavy atom. The molecule has 0 saturated carbocycles. The van der Waals surface area contributed by atoms with Gasteiger partial charge in [0.15, 0.2) is 0 Å². The number of hydrogen-bond donors (Lipinski definition) is 1. The lowest BCUT2D eigenvalue weighted by molar-refractivity contribution is -0.142. The maximum atomic E-state index is 11.4. The Labute approximate surface area is 95.3 Å². The molecule has 0 saturated heterocycles. The van der Waals surface area contributed by atoms with Crippen molar-refractivity contribution in [3.63, 3.8) is 0 Å². The van der Waals surface area contributed by atoms with Crippen LogP contribution in [0.1, 0.15) is 22.7 Å². The average molecular weight is 223 g/mol. The third kappa shape index (κ3) is 2.33. The van der Waals surface area contributed by atoms with Gasteiger partial charge >= 0.3 is 5.97 Å². The van der Waals surface area contributed by atoms with Crippen LogP contribution in [0.2, 0.25) is 0 Å². The van der Waals surface area contributed by atoms with Gasteiger partial charge in [-0.25, -0.2) is 0 Å². The zero-order valence-corrected chi connectivity index (χ0v) is 10.0. The zero-order valence-electron chi connectivity index (χ0n) is 10.0. The van der Waals surface area contributed by atoms with Gasteiger partial charge in [-0.05, 0) is 42.7 Å². The van der Waals surface area contributed by atoms with Gasteiger partial charge in [0, 0.05) is 0 Å². The van der Waals surface area contributed by atoms with E-state index in [-0.39, 0.29) is 0 Å². The Morgan fingerprint density at radius 2 is 1.88 bits per heavy atom. The van der Waals surface area contributed by atoms with Crippen molar-refractivity contribution < 1.29 is 14.3 Å². The van der Waals surface area contributed by atoms with Gasteiger partial charge in [-0.1, -0.05) is 0 Å². The highest BCUT2D eigenvalue weighted by molar-refractivity contribution is 5.78. The van der Waals surface area contributed by atoms with Gasteiger partial charge in [0.05, 0.1) is 14.2 Å². The van der Waals surface area contributed by atoms with E-state index in [4.69, 9.17) is 10.5 Å². The van der Waals surface area contributed by atoms with E-state index in [0.717, 1.165) is 22.4 Å². The normalized spacial score (nSPS) is 12.1. The summed E-state index contributed by atoms with van der Waals surface area (Å²) in [4.78, 5) is 11.4. The van der Waals surface area contributed by atoms with Crippen molar-refractivity contribution in [1.29, 1.82) is 0 Å². The number of nitrogens with two attached hydrogens (primary N) is 1. The summed E-state index contributed by atoms with van der Waals surface area (Å²) in [5, 5.41) is 0. The van der Waals surface area contributed by atoms with Crippen LogP contribution in [0.4, 0.5) is 0 Å². The smallest absolute Gasteiger partial charge is 0.327 e. The van der Waals surface area contributed by atoms with Crippen LogP contribution in [0.3, 0.4) is 0 Å². The number of ether oxygens (including phenoxy) is 2. The molecule has 0 aromatic heterocycles. The van der Waals surface area contributed by atoms with Gasteiger partial charge < -0.3 is 15.2 Å². The first-order chi connectivity index (χ1) is 7.51. The number of methoxy groups -OCH3 is 2. The molecule has 0 heterocycles. The third-order valence-corrected chi connectivity index (χ3v) is 2.57. The molecule has 0 fully saturated rings. The van der Waals surface area contributed by atoms with Crippen molar-refractivity contribution in [2.24, 2.45) is 5.73 Å². The Kier molecular flexibility index (Phi) is 3.90. The number of aryl methyl sites for hydroxylation is 2. The molecule has 1 atom stereocenters. The van der Waals surface area contributed by atoms with E-state index in [2.05, 4.69) is 4.74 Å². The molecular formula is C12H17NO3. The SMILES string of the molecule is COC(=O)C(N)c1cc(C)c(OC)cc1C. The third-order valence-electron chi connectivity index (χ3n) is 2.57. The van der Waals surface area contributed by atoms with Crippen molar-refractivity contribution in [1.82, 2.24) is 0 Å². The first-order valence-electron chi connectivity index (χ1n) is 4.99. The molecule has 88 valence electrons. The van der Waals surface area contributed by atoms with E-state index in [1.165, 1.54) is 7.11 Å². The average Bonchev–Trinajstić information content (AvgIpc) is 2.29. The molecule has 0 aliphatic rings. The van der Waals surface area contributed by atoms with Gasteiger partial charge in [0.25, 0.3) is 0 Å². The molecule has 4 heteroatoms. The summed E-state index contributed by atoms with van der Waals surface area (Å²) in [5.74, 6) is 0.353. The first-order valence-corrected chi connectivity index (χ1v) is 4.99. The summed E-state index contributed by atoms with van der Waals surface area (Å²) in [6.07, 6.45) is 0. The molecule has 1 aromatic rings. The highest BCUT2D eigenvalue weighted by Gasteiger charge is 2.19. The molecule has 4 nitrogen and oxygen atoms in total. The van der Waals surface area contributed by atoms with Gasteiger partial charge in [-0.2, -0.15) is 0 Å². The van der Waals surface area contributed by atoms with E-state index >= 15 is 0 Å². The molecule has 0 bridgehead atoms. The van der Waals surface area contributed by atoms with Gasteiger partial charge in [0.2, 0.25) is 0 Å². The maximum absolute atomic E-state index is 11.4. The van der Waals surface area contributed by atoms with Crippen molar-refractivity contribution in [3.05, 3.63) is 28.8 Å². The number of hydrogen-bond acceptors (Lipinski definition) is 4. The Balaban J connectivity index is 3.15. The minimum Gasteiger partial charge on any atom is -0.496 e. The number of esters is 1. The molecule has 0 radical (unpaired) electrons. The zero-order chi connectivity index (χ0) is 12.3. The maximum Gasteiger partial charge on any atom is 0.327 e. The van der Waals surface area contributed by atoms with Crippen LogP contribution in [0.5, 0.6) is 5.75 Å². The lowest BCUT2D eigenvalue weighted by Gasteiger charge is -2.15. The quantitative estimate of drug-likeness (QED) is 0.788.